The van der Waals surface area contributed by atoms with Crippen molar-refractivity contribution in [3.63, 3.8) is 0 Å². The van der Waals surface area contributed by atoms with E-state index in [1.165, 1.54) is 18.2 Å². The molecule has 0 aromatic heterocycles. The van der Waals surface area contributed by atoms with Crippen LogP contribution < -0.4 is 5.32 Å². The third-order valence-corrected chi connectivity index (χ3v) is 4.20. The monoisotopic (exact) mass is 327 g/mol. The molecule has 1 amide bonds. The van der Waals surface area contributed by atoms with Crippen molar-refractivity contribution in [2.24, 2.45) is 5.92 Å². The molecule has 0 saturated heterocycles. The Hall–Kier alpha value is -2.69. The lowest BCUT2D eigenvalue weighted by Crippen LogP contribution is -2.22. The van der Waals surface area contributed by atoms with Gasteiger partial charge in [0.15, 0.2) is 0 Å². The SMILES string of the molecule is O=C(O)Cc1ccc(NC(=O)C(c2ccccc2)C2CC2)cc1F. The number of carbonyl (C=O) groups is 2. The molecule has 2 N–H and O–H groups in total. The maximum absolute atomic E-state index is 13.9. The molecule has 124 valence electrons. The van der Waals surface area contributed by atoms with Crippen LogP contribution in [0.1, 0.15) is 29.9 Å². The largest absolute Gasteiger partial charge is 0.481 e. The molecular weight excluding hydrogens is 309 g/mol. The van der Waals surface area contributed by atoms with Crippen LogP contribution in [-0.2, 0) is 16.0 Å². The van der Waals surface area contributed by atoms with Gasteiger partial charge >= 0.3 is 5.97 Å². The van der Waals surface area contributed by atoms with E-state index in [1.54, 1.807) is 0 Å². The zero-order valence-corrected chi connectivity index (χ0v) is 13.0. The third kappa shape index (κ3) is 3.79. The van der Waals surface area contributed by atoms with E-state index in [9.17, 15) is 14.0 Å². The van der Waals surface area contributed by atoms with Crippen LogP contribution in [0.25, 0.3) is 0 Å². The third-order valence-electron chi connectivity index (χ3n) is 4.20. The van der Waals surface area contributed by atoms with Gasteiger partial charge in [0.2, 0.25) is 5.91 Å². The quantitative estimate of drug-likeness (QED) is 0.852. The number of carboxylic acids is 1. The first kappa shape index (κ1) is 16.2. The number of hydrogen-bond donors (Lipinski definition) is 2. The minimum atomic E-state index is -1.09. The second-order valence-corrected chi connectivity index (χ2v) is 6.09. The molecule has 0 radical (unpaired) electrons. The Morgan fingerprint density at radius 3 is 2.46 bits per heavy atom. The first-order valence-corrected chi connectivity index (χ1v) is 7.90. The summed E-state index contributed by atoms with van der Waals surface area (Å²) < 4.78 is 13.9. The minimum Gasteiger partial charge on any atom is -0.481 e. The van der Waals surface area contributed by atoms with Gasteiger partial charge in [-0.3, -0.25) is 9.59 Å². The lowest BCUT2D eigenvalue weighted by molar-refractivity contribution is -0.136. The molecule has 0 spiro atoms. The average Bonchev–Trinajstić information content (AvgIpc) is 3.36. The molecule has 2 aromatic carbocycles. The van der Waals surface area contributed by atoms with Gasteiger partial charge in [-0.25, -0.2) is 4.39 Å². The number of benzene rings is 2. The Morgan fingerprint density at radius 1 is 1.17 bits per heavy atom. The lowest BCUT2D eigenvalue weighted by atomic mass is 9.93. The zero-order chi connectivity index (χ0) is 17.1. The highest BCUT2D eigenvalue weighted by molar-refractivity contribution is 5.96. The summed E-state index contributed by atoms with van der Waals surface area (Å²) in [5.41, 5.74) is 1.40. The molecule has 0 aliphatic heterocycles. The number of nitrogens with one attached hydrogen (secondary N) is 1. The number of rotatable bonds is 6. The number of carboxylic acid groups (broad SMARTS) is 1. The van der Waals surface area contributed by atoms with Crippen molar-refractivity contribution in [1.29, 1.82) is 0 Å². The number of halogens is 1. The molecule has 1 atom stereocenters. The van der Waals surface area contributed by atoms with Gasteiger partial charge in [-0.2, -0.15) is 0 Å². The van der Waals surface area contributed by atoms with Crippen molar-refractivity contribution >= 4 is 17.6 Å². The van der Waals surface area contributed by atoms with Gasteiger partial charge < -0.3 is 10.4 Å². The summed E-state index contributed by atoms with van der Waals surface area (Å²) in [6.45, 7) is 0. The molecule has 0 bridgehead atoms. The number of anilines is 1. The molecule has 1 aliphatic rings. The standard InChI is InChI=1S/C19H18FNO3/c20-16-11-15(9-8-14(16)10-17(22)23)21-19(24)18(13-6-7-13)12-4-2-1-3-5-12/h1-5,8-9,11,13,18H,6-7,10H2,(H,21,24)(H,22,23). The first-order chi connectivity index (χ1) is 11.5. The Labute approximate surface area is 139 Å². The van der Waals surface area contributed by atoms with Crippen LogP contribution in [-0.4, -0.2) is 17.0 Å². The van der Waals surface area contributed by atoms with Crippen molar-refractivity contribution < 1.29 is 19.1 Å². The molecule has 1 aliphatic carbocycles. The molecule has 1 unspecified atom stereocenters. The van der Waals surface area contributed by atoms with E-state index < -0.39 is 11.8 Å². The summed E-state index contributed by atoms with van der Waals surface area (Å²) in [5.74, 6) is -1.80. The van der Waals surface area contributed by atoms with Gasteiger partial charge in [-0.1, -0.05) is 36.4 Å². The number of carbonyl (C=O) groups excluding carboxylic acids is 1. The molecule has 1 fully saturated rings. The van der Waals surface area contributed by atoms with Gasteiger partial charge in [-0.15, -0.1) is 0 Å². The topological polar surface area (TPSA) is 66.4 Å². The predicted molar refractivity (Wildman–Crippen MR) is 88.3 cm³/mol. The Morgan fingerprint density at radius 2 is 1.88 bits per heavy atom. The summed E-state index contributed by atoms with van der Waals surface area (Å²) in [7, 11) is 0. The van der Waals surface area contributed by atoms with Gasteiger partial charge in [0, 0.05) is 5.69 Å². The number of amides is 1. The zero-order valence-electron chi connectivity index (χ0n) is 13.0. The summed E-state index contributed by atoms with van der Waals surface area (Å²) in [6.07, 6.45) is 1.65. The molecule has 1 saturated carbocycles. The van der Waals surface area contributed by atoms with E-state index in [-0.39, 0.29) is 23.8 Å². The number of hydrogen-bond acceptors (Lipinski definition) is 2. The molecule has 3 rings (SSSR count). The first-order valence-electron chi connectivity index (χ1n) is 7.90. The smallest absolute Gasteiger partial charge is 0.307 e. The van der Waals surface area contributed by atoms with E-state index in [4.69, 9.17) is 5.11 Å². The summed E-state index contributed by atoms with van der Waals surface area (Å²) >= 11 is 0. The van der Waals surface area contributed by atoms with Crippen LogP contribution >= 0.6 is 0 Å². The average molecular weight is 327 g/mol. The van der Waals surface area contributed by atoms with Crippen LogP contribution in [0.2, 0.25) is 0 Å². The van der Waals surface area contributed by atoms with Crippen LogP contribution in [0.15, 0.2) is 48.5 Å². The van der Waals surface area contributed by atoms with Gasteiger partial charge in [-0.05, 0) is 42.0 Å². The van der Waals surface area contributed by atoms with Crippen molar-refractivity contribution in [2.45, 2.75) is 25.2 Å². The van der Waals surface area contributed by atoms with Crippen molar-refractivity contribution in [3.05, 3.63) is 65.5 Å². The highest BCUT2D eigenvalue weighted by Crippen LogP contribution is 2.43. The van der Waals surface area contributed by atoms with Gasteiger partial charge in [0.05, 0.1) is 12.3 Å². The van der Waals surface area contributed by atoms with Gasteiger partial charge in [0.1, 0.15) is 5.82 Å². The highest BCUT2D eigenvalue weighted by atomic mass is 19.1. The van der Waals surface area contributed by atoms with Crippen LogP contribution in [0.3, 0.4) is 0 Å². The Bertz CT molecular complexity index is 756. The van der Waals surface area contributed by atoms with E-state index in [0.29, 0.717) is 11.6 Å². The Balaban J connectivity index is 1.76. The molecule has 5 heteroatoms. The fourth-order valence-electron chi connectivity index (χ4n) is 2.88. The summed E-state index contributed by atoms with van der Waals surface area (Å²) in [5, 5.41) is 11.5. The highest BCUT2D eigenvalue weighted by Gasteiger charge is 2.37. The fraction of sp³-hybridized carbons (Fsp3) is 0.263. The van der Waals surface area contributed by atoms with Crippen LogP contribution in [0, 0.1) is 11.7 Å². The van der Waals surface area contributed by atoms with Crippen molar-refractivity contribution in [3.8, 4) is 0 Å². The predicted octanol–water partition coefficient (Wildman–Crippen LogP) is 3.59. The second kappa shape index (κ2) is 6.83. The van der Waals surface area contributed by atoms with E-state index >= 15 is 0 Å². The molecule has 0 heterocycles. The molecule has 2 aromatic rings. The van der Waals surface area contributed by atoms with Gasteiger partial charge in [0.25, 0.3) is 0 Å². The number of aliphatic carboxylic acids is 1. The normalized spacial score (nSPS) is 14.9. The van der Waals surface area contributed by atoms with E-state index in [1.807, 2.05) is 30.3 Å². The maximum atomic E-state index is 13.9. The Kier molecular flexibility index (Phi) is 4.60. The van der Waals surface area contributed by atoms with Crippen LogP contribution in [0.4, 0.5) is 10.1 Å². The van der Waals surface area contributed by atoms with E-state index in [0.717, 1.165) is 18.4 Å². The molecule has 24 heavy (non-hydrogen) atoms. The van der Waals surface area contributed by atoms with Crippen molar-refractivity contribution in [1.82, 2.24) is 0 Å². The van der Waals surface area contributed by atoms with E-state index in [2.05, 4.69) is 5.32 Å². The summed E-state index contributed by atoms with van der Waals surface area (Å²) in [4.78, 5) is 23.3. The lowest BCUT2D eigenvalue weighted by Gasteiger charge is -2.17. The molecular formula is C19H18FNO3. The summed E-state index contributed by atoms with van der Waals surface area (Å²) in [6, 6.07) is 13.7. The second-order valence-electron chi connectivity index (χ2n) is 6.09. The van der Waals surface area contributed by atoms with Crippen LogP contribution in [0.5, 0.6) is 0 Å². The maximum Gasteiger partial charge on any atom is 0.307 e. The molecule has 4 nitrogen and oxygen atoms in total. The minimum absolute atomic E-state index is 0.0994. The fourth-order valence-corrected chi connectivity index (χ4v) is 2.88. The van der Waals surface area contributed by atoms with Crippen molar-refractivity contribution in [2.75, 3.05) is 5.32 Å².